The molecule has 0 bridgehead atoms. The number of carbonyl (C=O) groups excluding carboxylic acids is 2. The molecule has 0 saturated heterocycles. The van der Waals surface area contributed by atoms with Crippen LogP contribution in [-0.4, -0.2) is 16.8 Å². The van der Waals surface area contributed by atoms with Gasteiger partial charge < -0.3 is 10.6 Å². The third kappa shape index (κ3) is 4.06. The van der Waals surface area contributed by atoms with Crippen molar-refractivity contribution in [3.63, 3.8) is 0 Å². The number of benzene rings is 2. The second-order valence-electron chi connectivity index (χ2n) is 5.21. The summed E-state index contributed by atoms with van der Waals surface area (Å²) in [4.78, 5) is 28.7. The lowest BCUT2D eigenvalue weighted by molar-refractivity contribution is 0.102. The molecule has 2 N–H and O–H groups in total. The van der Waals surface area contributed by atoms with Gasteiger partial charge in [0.05, 0.1) is 23.1 Å². The largest absolute Gasteiger partial charge is 0.321 e. The van der Waals surface area contributed by atoms with E-state index in [-0.39, 0.29) is 17.0 Å². The highest BCUT2D eigenvalue weighted by Gasteiger charge is 2.14. The zero-order valence-corrected chi connectivity index (χ0v) is 13.1. The van der Waals surface area contributed by atoms with E-state index in [0.717, 1.165) is 6.07 Å². The van der Waals surface area contributed by atoms with Crippen molar-refractivity contribution in [2.75, 3.05) is 10.6 Å². The summed E-state index contributed by atoms with van der Waals surface area (Å²) in [6.45, 7) is 0. The fourth-order valence-electron chi connectivity index (χ4n) is 2.25. The lowest BCUT2D eigenvalue weighted by atomic mass is 10.1. The van der Waals surface area contributed by atoms with Gasteiger partial charge in [-0.2, -0.15) is 0 Å². The van der Waals surface area contributed by atoms with Crippen molar-refractivity contribution in [3.05, 3.63) is 90.0 Å². The predicted molar refractivity (Wildman–Crippen MR) is 93.0 cm³/mol. The monoisotopic (exact) mass is 335 g/mol. The highest BCUT2D eigenvalue weighted by Crippen LogP contribution is 2.18. The van der Waals surface area contributed by atoms with E-state index < -0.39 is 11.7 Å². The summed E-state index contributed by atoms with van der Waals surface area (Å²) in [6, 6.07) is 15.3. The number of aromatic nitrogens is 1. The van der Waals surface area contributed by atoms with Crippen LogP contribution in [-0.2, 0) is 0 Å². The Morgan fingerprint density at radius 3 is 2.48 bits per heavy atom. The molecule has 0 radical (unpaired) electrons. The molecular formula is C19H14FN3O2. The van der Waals surface area contributed by atoms with E-state index >= 15 is 0 Å². The third-order valence-electron chi connectivity index (χ3n) is 3.43. The Balaban J connectivity index is 1.81. The van der Waals surface area contributed by atoms with Gasteiger partial charge in [-0.1, -0.05) is 18.2 Å². The maximum absolute atomic E-state index is 13.3. The SMILES string of the molecule is O=C(Nc1ccccc1C(=O)Nc1cccnc1)c1cccc(F)c1. The number of hydrogen-bond donors (Lipinski definition) is 2. The van der Waals surface area contributed by atoms with Crippen LogP contribution in [0, 0.1) is 5.82 Å². The first-order valence-electron chi connectivity index (χ1n) is 7.51. The minimum absolute atomic E-state index is 0.169. The number of halogens is 1. The molecule has 1 heterocycles. The van der Waals surface area contributed by atoms with E-state index in [1.54, 1.807) is 42.6 Å². The molecule has 0 saturated carbocycles. The van der Waals surface area contributed by atoms with Gasteiger partial charge in [0.2, 0.25) is 0 Å². The maximum Gasteiger partial charge on any atom is 0.257 e. The normalized spacial score (nSPS) is 10.1. The summed E-state index contributed by atoms with van der Waals surface area (Å²) >= 11 is 0. The minimum Gasteiger partial charge on any atom is -0.321 e. The smallest absolute Gasteiger partial charge is 0.257 e. The number of nitrogens with zero attached hydrogens (tertiary/aromatic N) is 1. The number of nitrogens with one attached hydrogen (secondary N) is 2. The van der Waals surface area contributed by atoms with Crippen LogP contribution in [0.5, 0.6) is 0 Å². The molecule has 0 aliphatic carbocycles. The average Bonchev–Trinajstić information content (AvgIpc) is 2.63. The van der Waals surface area contributed by atoms with Gasteiger partial charge in [-0.25, -0.2) is 4.39 Å². The second kappa shape index (κ2) is 7.35. The third-order valence-corrected chi connectivity index (χ3v) is 3.43. The van der Waals surface area contributed by atoms with Crippen molar-refractivity contribution in [2.45, 2.75) is 0 Å². The number of hydrogen-bond acceptors (Lipinski definition) is 3. The van der Waals surface area contributed by atoms with E-state index in [1.165, 1.54) is 24.4 Å². The van der Waals surface area contributed by atoms with Gasteiger partial charge in [0.15, 0.2) is 0 Å². The quantitative estimate of drug-likeness (QED) is 0.763. The molecular weight excluding hydrogens is 321 g/mol. The summed E-state index contributed by atoms with van der Waals surface area (Å²) in [5, 5.41) is 5.35. The summed E-state index contributed by atoms with van der Waals surface area (Å²) < 4.78 is 13.3. The molecule has 2 amide bonds. The molecule has 2 aromatic carbocycles. The molecule has 0 fully saturated rings. The summed E-state index contributed by atoms with van der Waals surface area (Å²) in [5.41, 5.74) is 1.33. The highest BCUT2D eigenvalue weighted by molar-refractivity contribution is 6.12. The Morgan fingerprint density at radius 2 is 1.72 bits per heavy atom. The lowest BCUT2D eigenvalue weighted by Crippen LogP contribution is -2.18. The van der Waals surface area contributed by atoms with Crippen LogP contribution in [0.25, 0.3) is 0 Å². The summed E-state index contributed by atoms with van der Waals surface area (Å²) in [7, 11) is 0. The maximum atomic E-state index is 13.3. The number of para-hydroxylation sites is 1. The minimum atomic E-state index is -0.504. The van der Waals surface area contributed by atoms with Gasteiger partial charge in [0.1, 0.15) is 5.82 Å². The molecule has 3 aromatic rings. The lowest BCUT2D eigenvalue weighted by Gasteiger charge is -2.11. The molecule has 124 valence electrons. The van der Waals surface area contributed by atoms with Crippen molar-refractivity contribution < 1.29 is 14.0 Å². The van der Waals surface area contributed by atoms with E-state index in [4.69, 9.17) is 0 Å². The Labute approximate surface area is 143 Å². The Bertz CT molecular complexity index is 913. The van der Waals surface area contributed by atoms with E-state index in [0.29, 0.717) is 11.4 Å². The molecule has 0 aliphatic heterocycles. The number of anilines is 2. The predicted octanol–water partition coefficient (Wildman–Crippen LogP) is 3.73. The zero-order valence-electron chi connectivity index (χ0n) is 13.1. The standard InChI is InChI=1S/C19H14FN3O2/c20-14-6-3-5-13(11-14)18(24)23-17-9-2-1-8-16(17)19(25)22-15-7-4-10-21-12-15/h1-12H,(H,22,25)(H,23,24). The molecule has 3 rings (SSSR count). The number of carbonyl (C=O) groups is 2. The Hall–Kier alpha value is -3.54. The van der Waals surface area contributed by atoms with Crippen LogP contribution in [0.4, 0.5) is 15.8 Å². The van der Waals surface area contributed by atoms with Gasteiger partial charge in [-0.3, -0.25) is 14.6 Å². The fraction of sp³-hybridized carbons (Fsp3) is 0. The van der Waals surface area contributed by atoms with Crippen LogP contribution in [0.3, 0.4) is 0 Å². The summed E-state index contributed by atoms with van der Waals surface area (Å²) in [6.07, 6.45) is 3.12. The molecule has 5 nitrogen and oxygen atoms in total. The van der Waals surface area contributed by atoms with Gasteiger partial charge in [-0.15, -0.1) is 0 Å². The molecule has 0 unspecified atom stereocenters. The molecule has 0 spiro atoms. The van der Waals surface area contributed by atoms with Crippen LogP contribution >= 0.6 is 0 Å². The van der Waals surface area contributed by atoms with Crippen molar-refractivity contribution in [2.24, 2.45) is 0 Å². The van der Waals surface area contributed by atoms with Crippen LogP contribution in [0.15, 0.2) is 73.1 Å². The Kier molecular flexibility index (Phi) is 4.80. The number of amides is 2. The summed E-state index contributed by atoms with van der Waals surface area (Å²) in [5.74, 6) is -1.39. The second-order valence-corrected chi connectivity index (χ2v) is 5.21. The van der Waals surface area contributed by atoms with Crippen molar-refractivity contribution in [1.82, 2.24) is 4.98 Å². The molecule has 0 atom stereocenters. The fourth-order valence-corrected chi connectivity index (χ4v) is 2.25. The van der Waals surface area contributed by atoms with Crippen molar-refractivity contribution >= 4 is 23.2 Å². The van der Waals surface area contributed by atoms with Crippen molar-refractivity contribution in [3.8, 4) is 0 Å². The number of pyridine rings is 1. The highest BCUT2D eigenvalue weighted by atomic mass is 19.1. The molecule has 6 heteroatoms. The van der Waals surface area contributed by atoms with Crippen LogP contribution < -0.4 is 10.6 Å². The average molecular weight is 335 g/mol. The van der Waals surface area contributed by atoms with E-state index in [1.807, 2.05) is 0 Å². The van der Waals surface area contributed by atoms with Gasteiger partial charge >= 0.3 is 0 Å². The van der Waals surface area contributed by atoms with Crippen LogP contribution in [0.1, 0.15) is 20.7 Å². The zero-order chi connectivity index (χ0) is 17.6. The van der Waals surface area contributed by atoms with Gasteiger partial charge in [-0.05, 0) is 42.5 Å². The van der Waals surface area contributed by atoms with Gasteiger partial charge in [0, 0.05) is 11.8 Å². The number of rotatable bonds is 4. The molecule has 25 heavy (non-hydrogen) atoms. The first kappa shape index (κ1) is 16.3. The topological polar surface area (TPSA) is 71.1 Å². The first-order valence-corrected chi connectivity index (χ1v) is 7.51. The van der Waals surface area contributed by atoms with Gasteiger partial charge in [0.25, 0.3) is 11.8 Å². The van der Waals surface area contributed by atoms with E-state index in [9.17, 15) is 14.0 Å². The first-order chi connectivity index (χ1) is 12.1. The van der Waals surface area contributed by atoms with E-state index in [2.05, 4.69) is 15.6 Å². The molecule has 0 aliphatic rings. The molecule has 1 aromatic heterocycles. The Morgan fingerprint density at radius 1 is 0.880 bits per heavy atom. The van der Waals surface area contributed by atoms with Crippen molar-refractivity contribution in [1.29, 1.82) is 0 Å². The van der Waals surface area contributed by atoms with Crippen LogP contribution in [0.2, 0.25) is 0 Å².